The van der Waals surface area contributed by atoms with E-state index in [1.54, 1.807) is 6.33 Å². The minimum absolute atomic E-state index is 0.118. The summed E-state index contributed by atoms with van der Waals surface area (Å²) in [7, 11) is 0. The van der Waals surface area contributed by atoms with Gasteiger partial charge in [0.25, 0.3) is 5.91 Å². The van der Waals surface area contributed by atoms with Crippen LogP contribution in [0.2, 0.25) is 0 Å². The quantitative estimate of drug-likeness (QED) is 0.598. The number of carbonyl (C=O) groups excluding carboxylic acids is 1. The molecule has 1 N–H and O–H groups in total. The second-order valence-corrected chi connectivity index (χ2v) is 5.97. The highest BCUT2D eigenvalue weighted by Crippen LogP contribution is 2.19. The van der Waals surface area contributed by atoms with Crippen molar-refractivity contribution in [2.24, 2.45) is 0 Å². The third-order valence-electron chi connectivity index (χ3n) is 4.14. The van der Waals surface area contributed by atoms with Crippen LogP contribution >= 0.6 is 0 Å². The Kier molecular flexibility index (Phi) is 3.78. The molecule has 0 aliphatic heterocycles. The Bertz CT molecular complexity index is 1050. The van der Waals surface area contributed by atoms with Crippen LogP contribution in [0.1, 0.15) is 15.9 Å². The lowest BCUT2D eigenvalue weighted by atomic mass is 10.1. The predicted molar refractivity (Wildman–Crippen MR) is 100 cm³/mol. The van der Waals surface area contributed by atoms with E-state index >= 15 is 0 Å². The normalized spacial score (nSPS) is 10.8. The van der Waals surface area contributed by atoms with Gasteiger partial charge in [-0.1, -0.05) is 24.3 Å². The summed E-state index contributed by atoms with van der Waals surface area (Å²) < 4.78 is 2.01. The van der Waals surface area contributed by atoms with Gasteiger partial charge in [0.05, 0.1) is 11.0 Å². The molecular formula is C21H17N3O. The number of nitrogens with zero attached hydrogens (tertiary/aromatic N) is 2. The fourth-order valence-corrected chi connectivity index (χ4v) is 2.86. The summed E-state index contributed by atoms with van der Waals surface area (Å²) in [4.78, 5) is 16.8. The Morgan fingerprint density at radius 3 is 2.56 bits per heavy atom. The molecule has 1 amide bonds. The molecule has 4 rings (SSSR count). The van der Waals surface area contributed by atoms with E-state index in [1.807, 2.05) is 84.3 Å². The molecule has 0 unspecified atom stereocenters. The molecule has 1 aromatic heterocycles. The Labute approximate surface area is 145 Å². The van der Waals surface area contributed by atoms with Crippen molar-refractivity contribution < 1.29 is 4.79 Å². The smallest absolute Gasteiger partial charge is 0.255 e. The third-order valence-corrected chi connectivity index (χ3v) is 4.14. The molecule has 122 valence electrons. The first-order valence-electron chi connectivity index (χ1n) is 8.11. The fraction of sp³-hybridized carbons (Fsp3) is 0.0476. The van der Waals surface area contributed by atoms with Crippen molar-refractivity contribution >= 4 is 22.6 Å². The third kappa shape index (κ3) is 3.02. The standard InChI is InChI=1S/C21H17N3O/c1-15-5-4-6-17(13-15)23-21(25)16-9-11-18(12-10-16)24-14-22-19-7-2-3-8-20(19)24/h2-14H,1H3,(H,23,25). The molecule has 0 aliphatic rings. The van der Waals surface area contributed by atoms with Crippen molar-refractivity contribution in [3.63, 3.8) is 0 Å². The van der Waals surface area contributed by atoms with Gasteiger partial charge in [0, 0.05) is 16.9 Å². The van der Waals surface area contributed by atoms with Crippen molar-refractivity contribution in [1.29, 1.82) is 0 Å². The number of amides is 1. The van der Waals surface area contributed by atoms with Crippen molar-refractivity contribution in [2.75, 3.05) is 5.32 Å². The first-order chi connectivity index (χ1) is 12.2. The molecule has 3 aromatic carbocycles. The zero-order valence-electron chi connectivity index (χ0n) is 13.8. The summed E-state index contributed by atoms with van der Waals surface area (Å²) in [6.45, 7) is 2.00. The summed E-state index contributed by atoms with van der Waals surface area (Å²) in [5.74, 6) is -0.118. The summed E-state index contributed by atoms with van der Waals surface area (Å²) in [6, 6.07) is 23.3. The van der Waals surface area contributed by atoms with Crippen LogP contribution < -0.4 is 5.32 Å². The number of carbonyl (C=O) groups is 1. The molecule has 1 heterocycles. The number of hydrogen-bond acceptors (Lipinski definition) is 2. The maximum atomic E-state index is 12.4. The van der Waals surface area contributed by atoms with Gasteiger partial charge in [0.2, 0.25) is 0 Å². The largest absolute Gasteiger partial charge is 0.322 e. The zero-order chi connectivity index (χ0) is 17.2. The van der Waals surface area contributed by atoms with Gasteiger partial charge in [-0.25, -0.2) is 4.98 Å². The molecular weight excluding hydrogens is 310 g/mol. The number of hydrogen-bond donors (Lipinski definition) is 1. The van der Waals surface area contributed by atoms with E-state index < -0.39 is 0 Å². The number of rotatable bonds is 3. The second kappa shape index (κ2) is 6.24. The lowest BCUT2D eigenvalue weighted by Crippen LogP contribution is -2.11. The number of aromatic nitrogens is 2. The average Bonchev–Trinajstić information content (AvgIpc) is 3.06. The summed E-state index contributed by atoms with van der Waals surface area (Å²) in [5.41, 5.74) is 5.49. The van der Waals surface area contributed by atoms with Crippen LogP contribution in [0.3, 0.4) is 0 Å². The van der Waals surface area contributed by atoms with E-state index in [0.717, 1.165) is 28.0 Å². The van der Waals surface area contributed by atoms with Crippen LogP contribution in [0, 0.1) is 6.92 Å². The first kappa shape index (κ1) is 15.1. The second-order valence-electron chi connectivity index (χ2n) is 5.97. The molecule has 0 bridgehead atoms. The summed E-state index contributed by atoms with van der Waals surface area (Å²) >= 11 is 0. The molecule has 4 aromatic rings. The number of fused-ring (bicyclic) bond motifs is 1. The maximum Gasteiger partial charge on any atom is 0.255 e. The van der Waals surface area contributed by atoms with Crippen LogP contribution in [0.5, 0.6) is 0 Å². The Balaban J connectivity index is 1.58. The number of para-hydroxylation sites is 2. The average molecular weight is 327 g/mol. The van der Waals surface area contributed by atoms with Crippen LogP contribution in [0.15, 0.2) is 79.1 Å². The van der Waals surface area contributed by atoms with Crippen LogP contribution in [-0.2, 0) is 0 Å². The van der Waals surface area contributed by atoms with Gasteiger partial charge in [-0.15, -0.1) is 0 Å². The molecule has 0 saturated carbocycles. The molecule has 0 aliphatic carbocycles. The van der Waals surface area contributed by atoms with E-state index in [0.29, 0.717) is 5.56 Å². The lowest BCUT2D eigenvalue weighted by molar-refractivity contribution is 0.102. The van der Waals surface area contributed by atoms with Gasteiger partial charge in [0.1, 0.15) is 6.33 Å². The number of nitrogens with one attached hydrogen (secondary N) is 1. The highest BCUT2D eigenvalue weighted by atomic mass is 16.1. The van der Waals surface area contributed by atoms with Crippen molar-refractivity contribution in [2.45, 2.75) is 6.92 Å². The van der Waals surface area contributed by atoms with Gasteiger partial charge in [-0.05, 0) is 61.0 Å². The van der Waals surface area contributed by atoms with E-state index in [2.05, 4.69) is 10.3 Å². The fourth-order valence-electron chi connectivity index (χ4n) is 2.86. The van der Waals surface area contributed by atoms with Crippen LogP contribution in [-0.4, -0.2) is 15.5 Å². The molecule has 0 saturated heterocycles. The van der Waals surface area contributed by atoms with Crippen molar-refractivity contribution in [3.05, 3.63) is 90.3 Å². The Hall–Kier alpha value is -3.40. The Morgan fingerprint density at radius 1 is 0.960 bits per heavy atom. The molecule has 0 radical (unpaired) electrons. The van der Waals surface area contributed by atoms with Gasteiger partial charge in [-0.3, -0.25) is 9.36 Å². The van der Waals surface area contributed by atoms with Crippen molar-refractivity contribution in [3.8, 4) is 5.69 Å². The van der Waals surface area contributed by atoms with Crippen LogP contribution in [0.4, 0.5) is 5.69 Å². The van der Waals surface area contributed by atoms with E-state index in [4.69, 9.17) is 0 Å². The van der Waals surface area contributed by atoms with Crippen molar-refractivity contribution in [1.82, 2.24) is 9.55 Å². The first-order valence-corrected chi connectivity index (χ1v) is 8.11. The van der Waals surface area contributed by atoms with Gasteiger partial charge in [0.15, 0.2) is 0 Å². The highest BCUT2D eigenvalue weighted by Gasteiger charge is 2.08. The summed E-state index contributed by atoms with van der Waals surface area (Å²) in [6.07, 6.45) is 1.80. The molecule has 0 fully saturated rings. The molecule has 25 heavy (non-hydrogen) atoms. The predicted octanol–water partition coefficient (Wildman–Crippen LogP) is 4.59. The number of imidazole rings is 1. The molecule has 4 nitrogen and oxygen atoms in total. The monoisotopic (exact) mass is 327 g/mol. The van der Waals surface area contributed by atoms with Gasteiger partial charge < -0.3 is 5.32 Å². The zero-order valence-corrected chi connectivity index (χ0v) is 13.8. The van der Waals surface area contributed by atoms with Gasteiger partial charge in [-0.2, -0.15) is 0 Å². The van der Waals surface area contributed by atoms with Crippen LogP contribution in [0.25, 0.3) is 16.7 Å². The molecule has 4 heteroatoms. The SMILES string of the molecule is Cc1cccc(NC(=O)c2ccc(-n3cnc4ccccc43)cc2)c1. The number of benzene rings is 3. The molecule has 0 atom stereocenters. The van der Waals surface area contributed by atoms with E-state index in [1.165, 1.54) is 0 Å². The Morgan fingerprint density at radius 2 is 1.76 bits per heavy atom. The topological polar surface area (TPSA) is 46.9 Å². The lowest BCUT2D eigenvalue weighted by Gasteiger charge is -2.08. The maximum absolute atomic E-state index is 12.4. The number of anilines is 1. The minimum Gasteiger partial charge on any atom is -0.322 e. The van der Waals surface area contributed by atoms with E-state index in [-0.39, 0.29) is 5.91 Å². The highest BCUT2D eigenvalue weighted by molar-refractivity contribution is 6.04. The van der Waals surface area contributed by atoms with E-state index in [9.17, 15) is 4.79 Å². The minimum atomic E-state index is -0.118. The van der Waals surface area contributed by atoms with Gasteiger partial charge >= 0.3 is 0 Å². The number of aryl methyl sites for hydroxylation is 1. The molecule has 0 spiro atoms. The summed E-state index contributed by atoms with van der Waals surface area (Å²) in [5, 5.41) is 2.92.